The van der Waals surface area contributed by atoms with Crippen molar-refractivity contribution in [1.29, 1.82) is 0 Å². The molecule has 19 nitrogen and oxygen atoms in total. The molecule has 0 spiro atoms. The number of nitrogens with zero attached hydrogens (tertiary/aromatic N) is 2. The smallest absolute Gasteiger partial charge is 0.462 e. The normalized spacial score (nSPS) is 20.3. The van der Waals surface area contributed by atoms with Gasteiger partial charge >= 0.3 is 33.3 Å². The van der Waals surface area contributed by atoms with Gasteiger partial charge in [0.1, 0.15) is 30.7 Å². The van der Waals surface area contributed by atoms with Crippen LogP contribution in [0.5, 0.6) is 0 Å². The molecule has 1 fully saturated rings. The first-order valence-electron chi connectivity index (χ1n) is 24.4. The lowest BCUT2D eigenvalue weighted by atomic mass is 10.1. The molecule has 8 atom stereocenters. The highest BCUT2D eigenvalue weighted by atomic mass is 31.3. The highest BCUT2D eigenvalue weighted by molar-refractivity contribution is 7.61. The fraction of sp³-hybridized carbons (Fsp3) is 0.667. The molecule has 69 heavy (non-hydrogen) atoms. The minimum absolute atomic E-state index is 0.00202. The lowest BCUT2D eigenvalue weighted by Gasteiger charge is -2.21. The van der Waals surface area contributed by atoms with Crippen molar-refractivity contribution in [1.82, 2.24) is 9.55 Å². The molecule has 1 aromatic rings. The van der Waals surface area contributed by atoms with Gasteiger partial charge in [0.25, 0.3) is 0 Å². The maximum absolute atomic E-state index is 12.8. The summed E-state index contributed by atoms with van der Waals surface area (Å²) < 4.78 is 56.6. The molecule has 0 aromatic carbocycles. The number of rotatable bonds is 39. The number of phosphoric ester groups is 2. The lowest BCUT2D eigenvalue weighted by molar-refractivity contribution is -0.161. The number of anilines is 1. The van der Waals surface area contributed by atoms with E-state index in [-0.39, 0.29) is 18.7 Å². The number of aromatic nitrogens is 2. The van der Waals surface area contributed by atoms with Gasteiger partial charge in [-0.2, -0.15) is 9.29 Å². The molecule has 392 valence electrons. The van der Waals surface area contributed by atoms with Gasteiger partial charge in [-0.15, -0.1) is 0 Å². The quantitative estimate of drug-likeness (QED) is 0.0118. The van der Waals surface area contributed by atoms with E-state index in [0.29, 0.717) is 19.3 Å². The van der Waals surface area contributed by atoms with Gasteiger partial charge in [0.15, 0.2) is 12.3 Å². The van der Waals surface area contributed by atoms with Crippen LogP contribution in [0.1, 0.15) is 155 Å². The molecule has 21 heteroatoms. The van der Waals surface area contributed by atoms with Gasteiger partial charge in [0.2, 0.25) is 0 Å². The van der Waals surface area contributed by atoms with Crippen LogP contribution in [0.2, 0.25) is 0 Å². The minimum atomic E-state index is -5.44. The molecular weight excluding hydrogens is 936 g/mol. The fourth-order valence-corrected chi connectivity index (χ4v) is 8.96. The number of nitrogen functional groups attached to an aromatic ring is 1. The number of carbonyl (C=O) groups is 2. The molecule has 2 rings (SSSR count). The number of hydrogen-bond donors (Lipinski definition) is 6. The summed E-state index contributed by atoms with van der Waals surface area (Å²) in [5.41, 5.74) is 4.57. The van der Waals surface area contributed by atoms with Gasteiger partial charge < -0.3 is 45.1 Å². The highest BCUT2D eigenvalue weighted by Gasteiger charge is 2.46. The Balaban J connectivity index is 1.84. The molecule has 7 N–H and O–H groups in total. The number of aliphatic hydroxyl groups excluding tert-OH is 3. The second-order valence-electron chi connectivity index (χ2n) is 16.8. The van der Waals surface area contributed by atoms with Crippen molar-refractivity contribution in [2.45, 2.75) is 185 Å². The SMILES string of the molecule is CC/C=C/CC(O)/C=C/C=C/CCCCCCCC(=O)O[C@H](COC(=O)CCCCCCC/C=C\C/C=C\CCCCC)COP(=O)(O)OP(=O)(O)OC[C@H]1O[C@@H](n2ccc(N)nc2=O)[C@H](O)[C@@H]1O. The number of ether oxygens (including phenoxy) is 3. The van der Waals surface area contributed by atoms with E-state index in [2.05, 4.69) is 40.5 Å². The first-order chi connectivity index (χ1) is 33.1. The van der Waals surface area contributed by atoms with Crippen LogP contribution in [0.15, 0.2) is 77.8 Å². The predicted molar refractivity (Wildman–Crippen MR) is 262 cm³/mol. The molecule has 0 saturated carbocycles. The summed E-state index contributed by atoms with van der Waals surface area (Å²) in [6.45, 7) is 1.86. The van der Waals surface area contributed by atoms with Gasteiger partial charge in [0.05, 0.1) is 19.3 Å². The van der Waals surface area contributed by atoms with Crippen molar-refractivity contribution in [3.8, 4) is 0 Å². The van der Waals surface area contributed by atoms with Gasteiger partial charge in [-0.25, -0.2) is 13.9 Å². The van der Waals surface area contributed by atoms with E-state index in [1.54, 1.807) is 6.08 Å². The first-order valence-corrected chi connectivity index (χ1v) is 27.4. The van der Waals surface area contributed by atoms with E-state index in [1.165, 1.54) is 25.3 Å². The highest BCUT2D eigenvalue weighted by Crippen LogP contribution is 2.60. The Kier molecular flexibility index (Phi) is 32.4. The van der Waals surface area contributed by atoms with Crippen LogP contribution in [0.25, 0.3) is 0 Å². The summed E-state index contributed by atoms with van der Waals surface area (Å²) >= 11 is 0. The van der Waals surface area contributed by atoms with Crippen LogP contribution < -0.4 is 11.4 Å². The monoisotopic (exact) mass is 1020 g/mol. The van der Waals surface area contributed by atoms with E-state index < -0.39 is 89.8 Å². The van der Waals surface area contributed by atoms with Crippen LogP contribution in [0, 0.1) is 0 Å². The van der Waals surface area contributed by atoms with Crippen molar-refractivity contribution in [2.75, 3.05) is 25.6 Å². The Morgan fingerprint density at radius 3 is 2.04 bits per heavy atom. The van der Waals surface area contributed by atoms with Gasteiger partial charge in [0, 0.05) is 19.0 Å². The largest absolute Gasteiger partial charge is 0.481 e. The number of aliphatic hydroxyl groups is 3. The number of allylic oxidation sites excluding steroid dienone is 8. The zero-order valence-electron chi connectivity index (χ0n) is 40.5. The van der Waals surface area contributed by atoms with Crippen molar-refractivity contribution in [3.05, 3.63) is 83.5 Å². The van der Waals surface area contributed by atoms with Gasteiger partial charge in [-0.1, -0.05) is 126 Å². The third kappa shape index (κ3) is 29.4. The molecule has 1 aliphatic heterocycles. The maximum atomic E-state index is 12.8. The van der Waals surface area contributed by atoms with Crippen molar-refractivity contribution in [3.63, 3.8) is 0 Å². The van der Waals surface area contributed by atoms with Crippen LogP contribution >= 0.6 is 15.6 Å². The van der Waals surface area contributed by atoms with E-state index >= 15 is 0 Å². The van der Waals surface area contributed by atoms with Crippen molar-refractivity contribution < 1.29 is 71.4 Å². The minimum Gasteiger partial charge on any atom is -0.462 e. The van der Waals surface area contributed by atoms with Gasteiger partial charge in [-0.05, 0) is 76.7 Å². The Labute approximate surface area is 407 Å². The molecule has 1 aliphatic rings. The number of esters is 2. The molecule has 0 amide bonds. The van der Waals surface area contributed by atoms with E-state index in [0.717, 1.165) is 94.2 Å². The van der Waals surface area contributed by atoms with E-state index in [1.807, 2.05) is 37.3 Å². The van der Waals surface area contributed by atoms with Crippen LogP contribution in [0.4, 0.5) is 5.82 Å². The summed E-state index contributed by atoms with van der Waals surface area (Å²) in [5.74, 6) is -1.38. The molecule has 0 radical (unpaired) electrons. The number of hydrogen-bond acceptors (Lipinski definition) is 16. The average Bonchev–Trinajstić information content (AvgIpc) is 3.58. The van der Waals surface area contributed by atoms with Crippen LogP contribution in [-0.2, 0) is 46.3 Å². The standard InChI is InChI=1S/C48H79N3O16P2/c1-3-5-7-8-9-10-11-12-13-14-15-18-21-24-28-32-43(53)62-36-40(65-44(54)33-29-25-22-19-16-17-20-23-27-31-39(52)30-26-6-4-2)37-63-68(58,59)67-69(60,61)64-38-41-45(55)46(56)47(66-41)51-35-34-42(49)50-48(51)57/h6,9-10,12-13,20,23,26-27,31,34-35,39-41,45-47,52,55-56H,3-5,7-8,11,14-19,21-22,24-25,28-30,32-33,36-38H2,1-2H3,(H,58,59)(H,60,61)(H2,49,50,57)/b10-9-,13-12-,23-20+,26-6+,31-27+/t39?,40-,41-,45-,46-,47-/m1/s1. The summed E-state index contributed by atoms with van der Waals surface area (Å²) in [4.78, 5) is 61.8. The second-order valence-corrected chi connectivity index (χ2v) is 19.8. The Morgan fingerprint density at radius 2 is 1.39 bits per heavy atom. The number of phosphoric acid groups is 2. The Bertz CT molecular complexity index is 1910. The maximum Gasteiger partial charge on any atom is 0.481 e. The molecule has 0 bridgehead atoms. The summed E-state index contributed by atoms with van der Waals surface area (Å²) in [7, 11) is -10.9. The van der Waals surface area contributed by atoms with Crippen molar-refractivity contribution in [2.24, 2.45) is 0 Å². The zero-order valence-corrected chi connectivity index (χ0v) is 42.2. The topological polar surface area (TPSA) is 286 Å². The summed E-state index contributed by atoms with van der Waals surface area (Å²) in [6, 6.07) is 1.24. The molecule has 2 heterocycles. The number of nitrogens with two attached hydrogens (primary N) is 1. The zero-order chi connectivity index (χ0) is 50.8. The molecule has 0 aliphatic carbocycles. The molecule has 1 saturated heterocycles. The van der Waals surface area contributed by atoms with Crippen LogP contribution in [-0.4, -0.2) is 96.9 Å². The van der Waals surface area contributed by atoms with E-state index in [9.17, 15) is 48.6 Å². The molecule has 1 aromatic heterocycles. The first kappa shape index (κ1) is 61.5. The van der Waals surface area contributed by atoms with Gasteiger partial charge in [-0.3, -0.25) is 23.2 Å². The summed E-state index contributed by atoms with van der Waals surface area (Å²) in [5, 5.41) is 30.8. The third-order valence-electron chi connectivity index (χ3n) is 10.7. The van der Waals surface area contributed by atoms with E-state index in [4.69, 9.17) is 29.0 Å². The number of unbranched alkanes of at least 4 members (excludes halogenated alkanes) is 13. The Hall–Kier alpha value is -3.58. The average molecular weight is 1020 g/mol. The summed E-state index contributed by atoms with van der Waals surface area (Å²) in [6.07, 6.45) is 30.6. The van der Waals surface area contributed by atoms with Crippen LogP contribution in [0.3, 0.4) is 0 Å². The van der Waals surface area contributed by atoms with Crippen molar-refractivity contribution >= 4 is 33.4 Å². The fourth-order valence-electron chi connectivity index (χ4n) is 6.85. The predicted octanol–water partition coefficient (Wildman–Crippen LogP) is 8.52. The molecule has 3 unspecified atom stereocenters. The second kappa shape index (κ2) is 36.4. The Morgan fingerprint density at radius 1 is 0.783 bits per heavy atom. The third-order valence-corrected chi connectivity index (χ3v) is 13.3. The lowest BCUT2D eigenvalue weighted by Crippen LogP contribution is -2.36. The number of carbonyl (C=O) groups excluding carboxylic acids is 2. The molecular formula is C48H79N3O16P2.